The van der Waals surface area contributed by atoms with Crippen molar-refractivity contribution in [2.24, 2.45) is 11.1 Å². The fourth-order valence-electron chi connectivity index (χ4n) is 2.67. The first-order valence-corrected chi connectivity index (χ1v) is 7.04. The van der Waals surface area contributed by atoms with Crippen molar-refractivity contribution in [3.8, 4) is 0 Å². The lowest BCUT2D eigenvalue weighted by atomic mass is 9.80. The second-order valence-corrected chi connectivity index (χ2v) is 5.27. The van der Waals surface area contributed by atoms with E-state index in [4.69, 9.17) is 22.7 Å². The van der Waals surface area contributed by atoms with Crippen molar-refractivity contribution in [2.75, 3.05) is 13.7 Å². The molecule has 108 valence electrons. The molecule has 0 aromatic rings. The van der Waals surface area contributed by atoms with Gasteiger partial charge in [-0.25, -0.2) is 4.79 Å². The number of hydrogen-bond donors (Lipinski definition) is 1. The predicted octanol–water partition coefficient (Wildman–Crippen LogP) is 1.24. The Kier molecular flexibility index (Phi) is 5.29. The van der Waals surface area contributed by atoms with Gasteiger partial charge < -0.3 is 15.4 Å². The summed E-state index contributed by atoms with van der Waals surface area (Å²) >= 11 is 5.09. The van der Waals surface area contributed by atoms with Crippen LogP contribution in [0.15, 0.2) is 0 Å². The second kappa shape index (κ2) is 6.32. The lowest BCUT2D eigenvalue weighted by Gasteiger charge is -2.35. The number of carbonyl (C=O) groups is 2. The largest absolute Gasteiger partial charge is 0.467 e. The van der Waals surface area contributed by atoms with Crippen LogP contribution in [0.5, 0.6) is 0 Å². The van der Waals surface area contributed by atoms with E-state index in [0.717, 1.165) is 6.42 Å². The summed E-state index contributed by atoms with van der Waals surface area (Å²) in [7, 11) is 1.34. The van der Waals surface area contributed by atoms with Crippen molar-refractivity contribution < 1.29 is 14.3 Å². The van der Waals surface area contributed by atoms with Gasteiger partial charge in [-0.2, -0.15) is 0 Å². The minimum atomic E-state index is -0.841. The number of ether oxygens (including phenoxy) is 1. The summed E-state index contributed by atoms with van der Waals surface area (Å²) < 4.78 is 4.76. The van der Waals surface area contributed by atoms with Crippen molar-refractivity contribution in [1.29, 1.82) is 0 Å². The van der Waals surface area contributed by atoms with Crippen molar-refractivity contribution in [3.05, 3.63) is 0 Å². The number of hydrogen-bond acceptors (Lipinski definition) is 4. The molecule has 0 aromatic carbocycles. The fourth-order valence-corrected chi connectivity index (χ4v) is 3.05. The Labute approximate surface area is 119 Å². The maximum absolute atomic E-state index is 12.8. The number of esters is 1. The molecule has 1 fully saturated rings. The Bertz CT molecular complexity index is 380. The molecule has 0 spiro atoms. The zero-order valence-corrected chi connectivity index (χ0v) is 12.6. The number of amides is 1. The van der Waals surface area contributed by atoms with E-state index in [0.29, 0.717) is 25.8 Å². The molecule has 1 rings (SSSR count). The van der Waals surface area contributed by atoms with Crippen LogP contribution in [0.4, 0.5) is 0 Å². The maximum atomic E-state index is 12.8. The van der Waals surface area contributed by atoms with E-state index in [1.165, 1.54) is 7.11 Å². The van der Waals surface area contributed by atoms with Crippen molar-refractivity contribution in [1.82, 2.24) is 4.90 Å². The molecule has 19 heavy (non-hydrogen) atoms. The fraction of sp³-hybridized carbons (Fsp3) is 0.769. The summed E-state index contributed by atoms with van der Waals surface area (Å²) in [5, 5.41) is 0. The third-order valence-corrected chi connectivity index (χ3v) is 4.47. The number of carbonyl (C=O) groups excluding carboxylic acids is 2. The van der Waals surface area contributed by atoms with Gasteiger partial charge >= 0.3 is 5.97 Å². The Morgan fingerprint density at radius 2 is 2.00 bits per heavy atom. The first kappa shape index (κ1) is 15.9. The summed E-state index contributed by atoms with van der Waals surface area (Å²) in [6.07, 6.45) is 2.52. The van der Waals surface area contributed by atoms with E-state index >= 15 is 0 Å². The quantitative estimate of drug-likeness (QED) is 0.608. The van der Waals surface area contributed by atoms with Crippen LogP contribution in [0.2, 0.25) is 0 Å². The van der Waals surface area contributed by atoms with Crippen LogP contribution >= 0.6 is 12.2 Å². The molecule has 0 saturated carbocycles. The molecule has 2 N–H and O–H groups in total. The third-order valence-electron chi connectivity index (χ3n) is 4.08. The SMILES string of the molecule is CCC(CC)(C(=O)N1CCCC1C(=O)OC)C(N)=S. The van der Waals surface area contributed by atoms with Crippen LogP contribution in [-0.4, -0.2) is 41.5 Å². The zero-order valence-electron chi connectivity index (χ0n) is 11.8. The monoisotopic (exact) mass is 286 g/mol. The first-order valence-electron chi connectivity index (χ1n) is 6.63. The number of likely N-dealkylation sites (tertiary alicyclic amines) is 1. The second-order valence-electron chi connectivity index (χ2n) is 4.83. The first-order chi connectivity index (χ1) is 8.94. The van der Waals surface area contributed by atoms with E-state index in [2.05, 4.69) is 0 Å². The van der Waals surface area contributed by atoms with Gasteiger partial charge in [0, 0.05) is 6.54 Å². The smallest absolute Gasteiger partial charge is 0.328 e. The average Bonchev–Trinajstić information content (AvgIpc) is 2.88. The topological polar surface area (TPSA) is 72.6 Å². The molecule has 6 heteroatoms. The van der Waals surface area contributed by atoms with Gasteiger partial charge in [0.25, 0.3) is 0 Å². The molecular weight excluding hydrogens is 264 g/mol. The van der Waals surface area contributed by atoms with Gasteiger partial charge in [0.15, 0.2) is 0 Å². The van der Waals surface area contributed by atoms with E-state index in [9.17, 15) is 9.59 Å². The summed E-state index contributed by atoms with van der Waals surface area (Å²) in [5.41, 5.74) is 4.94. The minimum absolute atomic E-state index is 0.141. The van der Waals surface area contributed by atoms with E-state index in [-0.39, 0.29) is 16.9 Å². The molecule has 1 atom stereocenters. The summed E-state index contributed by atoms with van der Waals surface area (Å²) in [6, 6.07) is -0.496. The maximum Gasteiger partial charge on any atom is 0.328 e. The highest BCUT2D eigenvalue weighted by Crippen LogP contribution is 2.33. The van der Waals surface area contributed by atoms with Crippen LogP contribution < -0.4 is 5.73 Å². The van der Waals surface area contributed by atoms with Gasteiger partial charge in [0.1, 0.15) is 6.04 Å². The Morgan fingerprint density at radius 1 is 1.42 bits per heavy atom. The van der Waals surface area contributed by atoms with Gasteiger partial charge in [-0.3, -0.25) is 4.79 Å². The average molecular weight is 286 g/mol. The molecule has 1 heterocycles. The van der Waals surface area contributed by atoms with Crippen LogP contribution in [0.1, 0.15) is 39.5 Å². The third kappa shape index (κ3) is 2.73. The molecule has 0 aromatic heterocycles. The highest BCUT2D eigenvalue weighted by molar-refractivity contribution is 7.80. The van der Waals surface area contributed by atoms with Crippen LogP contribution in [0.25, 0.3) is 0 Å². The molecule has 5 nitrogen and oxygen atoms in total. The van der Waals surface area contributed by atoms with E-state index < -0.39 is 11.5 Å². The Balaban J connectivity index is 3.03. The Hall–Kier alpha value is -1.17. The molecule has 1 saturated heterocycles. The van der Waals surface area contributed by atoms with Crippen molar-refractivity contribution in [3.63, 3.8) is 0 Å². The lowest BCUT2D eigenvalue weighted by molar-refractivity contribution is -0.153. The molecule has 1 aliphatic heterocycles. The van der Waals surface area contributed by atoms with E-state index in [1.54, 1.807) is 4.90 Å². The van der Waals surface area contributed by atoms with E-state index in [1.807, 2.05) is 13.8 Å². The number of methoxy groups -OCH3 is 1. The predicted molar refractivity (Wildman–Crippen MR) is 76.6 cm³/mol. The number of rotatable bonds is 5. The molecule has 0 aliphatic carbocycles. The van der Waals surface area contributed by atoms with Crippen LogP contribution in [0, 0.1) is 5.41 Å². The molecule has 1 aliphatic rings. The van der Waals surface area contributed by atoms with Gasteiger partial charge in [-0.05, 0) is 25.7 Å². The standard InChI is InChI=1S/C13H22N2O3S/c1-4-13(5-2,11(14)19)12(17)15-8-6-7-9(15)10(16)18-3/h9H,4-8H2,1-3H3,(H2,14,19). The summed E-state index contributed by atoms with van der Waals surface area (Å²) in [6.45, 7) is 4.34. The van der Waals surface area contributed by atoms with Crippen LogP contribution in [-0.2, 0) is 14.3 Å². The summed E-state index contributed by atoms with van der Waals surface area (Å²) in [5.74, 6) is -0.507. The number of thiocarbonyl (C=S) groups is 1. The zero-order chi connectivity index (χ0) is 14.6. The molecule has 0 bridgehead atoms. The summed E-state index contributed by atoms with van der Waals surface area (Å²) in [4.78, 5) is 26.3. The van der Waals surface area contributed by atoms with Gasteiger partial charge in [-0.15, -0.1) is 0 Å². The molecule has 1 amide bonds. The molecular formula is C13H22N2O3S. The van der Waals surface area contributed by atoms with Crippen molar-refractivity contribution >= 4 is 29.1 Å². The number of nitrogens with two attached hydrogens (primary N) is 1. The number of nitrogens with zero attached hydrogens (tertiary/aromatic N) is 1. The lowest BCUT2D eigenvalue weighted by Crippen LogP contribution is -2.53. The minimum Gasteiger partial charge on any atom is -0.467 e. The Morgan fingerprint density at radius 3 is 2.42 bits per heavy atom. The molecule has 0 radical (unpaired) electrons. The highest BCUT2D eigenvalue weighted by atomic mass is 32.1. The van der Waals surface area contributed by atoms with Crippen molar-refractivity contribution in [2.45, 2.75) is 45.6 Å². The van der Waals surface area contributed by atoms with Gasteiger partial charge in [0.05, 0.1) is 17.5 Å². The van der Waals surface area contributed by atoms with Crippen LogP contribution in [0.3, 0.4) is 0 Å². The normalized spacial score (nSPS) is 19.3. The van der Waals surface area contributed by atoms with Gasteiger partial charge in [-0.1, -0.05) is 26.1 Å². The highest BCUT2D eigenvalue weighted by Gasteiger charge is 2.46. The molecule has 1 unspecified atom stereocenters. The van der Waals surface area contributed by atoms with Gasteiger partial charge in [0.2, 0.25) is 5.91 Å².